The first kappa shape index (κ1) is 13.0. The monoisotopic (exact) mass is 238 g/mol. The van der Waals surface area contributed by atoms with E-state index in [0.717, 1.165) is 0 Å². The first-order chi connectivity index (χ1) is 7.95. The number of carbonyl (C=O) groups is 2. The zero-order valence-electron chi connectivity index (χ0n) is 9.38. The maximum absolute atomic E-state index is 11.2. The third kappa shape index (κ3) is 3.18. The number of nitrogens with two attached hydrogens (primary N) is 1. The minimum Gasteiger partial charge on any atom is -0.478 e. The molecule has 0 spiro atoms. The zero-order valence-corrected chi connectivity index (χ0v) is 9.38. The second-order valence-electron chi connectivity index (χ2n) is 3.63. The van der Waals surface area contributed by atoms with Gasteiger partial charge in [0.1, 0.15) is 6.61 Å². The lowest BCUT2D eigenvalue weighted by atomic mass is 10.1. The number of benzene rings is 1. The van der Waals surface area contributed by atoms with Gasteiger partial charge < -0.3 is 20.8 Å². The molecule has 17 heavy (non-hydrogen) atoms. The number of nitrogens with zero attached hydrogens (tertiary/aromatic N) is 1. The normalized spacial score (nSPS) is 10.0. The predicted octanol–water partition coefficient (Wildman–Crippen LogP) is -0.0823. The van der Waals surface area contributed by atoms with Gasteiger partial charge in [0.2, 0.25) is 5.91 Å². The number of nitrogen functional groups attached to an aromatic ring is 1. The van der Waals surface area contributed by atoms with Gasteiger partial charge in [-0.15, -0.1) is 0 Å². The molecular weight excluding hydrogens is 224 g/mol. The number of carboxylic acid groups (broad SMARTS) is 1. The van der Waals surface area contributed by atoms with Crippen LogP contribution in [0.5, 0.6) is 0 Å². The summed E-state index contributed by atoms with van der Waals surface area (Å²) in [5, 5.41) is 17.7. The van der Waals surface area contributed by atoms with Crippen molar-refractivity contribution in [3.05, 3.63) is 29.3 Å². The second-order valence-corrected chi connectivity index (χ2v) is 3.63. The Morgan fingerprint density at radius 3 is 2.59 bits per heavy atom. The van der Waals surface area contributed by atoms with E-state index < -0.39 is 18.5 Å². The van der Waals surface area contributed by atoms with Crippen molar-refractivity contribution in [3.63, 3.8) is 0 Å². The van der Waals surface area contributed by atoms with Crippen molar-refractivity contribution < 1.29 is 19.8 Å². The summed E-state index contributed by atoms with van der Waals surface area (Å²) in [6.45, 7) is -0.521. The third-order valence-electron chi connectivity index (χ3n) is 2.33. The van der Waals surface area contributed by atoms with E-state index in [4.69, 9.17) is 15.9 Å². The van der Waals surface area contributed by atoms with Gasteiger partial charge in [-0.3, -0.25) is 4.79 Å². The molecule has 0 heterocycles. The fraction of sp³-hybridized carbons (Fsp3) is 0.273. The molecule has 0 aliphatic rings. The summed E-state index contributed by atoms with van der Waals surface area (Å²) in [7, 11) is 1.48. The lowest BCUT2D eigenvalue weighted by molar-refractivity contribution is -0.133. The Balaban J connectivity index is 3.00. The number of amides is 1. The summed E-state index contributed by atoms with van der Waals surface area (Å²) in [5.41, 5.74) is 6.52. The molecule has 1 aromatic rings. The van der Waals surface area contributed by atoms with Crippen LogP contribution >= 0.6 is 0 Å². The molecule has 0 bridgehead atoms. The Morgan fingerprint density at radius 1 is 1.41 bits per heavy atom. The second kappa shape index (κ2) is 5.31. The van der Waals surface area contributed by atoms with Crippen LogP contribution in [0.25, 0.3) is 0 Å². The Morgan fingerprint density at radius 2 is 2.06 bits per heavy atom. The van der Waals surface area contributed by atoms with Crippen LogP contribution < -0.4 is 5.73 Å². The number of likely N-dealkylation sites (N-methyl/N-ethyl adjacent to an activating group) is 1. The lowest BCUT2D eigenvalue weighted by Crippen LogP contribution is -2.29. The van der Waals surface area contributed by atoms with E-state index in [-0.39, 0.29) is 12.1 Å². The van der Waals surface area contributed by atoms with E-state index in [1.165, 1.54) is 30.1 Å². The molecule has 0 unspecified atom stereocenters. The van der Waals surface area contributed by atoms with Crippen molar-refractivity contribution in [2.75, 3.05) is 19.4 Å². The average molecular weight is 238 g/mol. The number of aliphatic hydroxyl groups is 1. The van der Waals surface area contributed by atoms with E-state index >= 15 is 0 Å². The quantitative estimate of drug-likeness (QED) is 0.636. The smallest absolute Gasteiger partial charge is 0.336 e. The average Bonchev–Trinajstić information content (AvgIpc) is 2.27. The minimum atomic E-state index is -1.08. The molecule has 1 amide bonds. The van der Waals surface area contributed by atoms with Gasteiger partial charge in [-0.25, -0.2) is 4.79 Å². The number of anilines is 1. The molecule has 0 fully saturated rings. The molecule has 0 aliphatic carbocycles. The van der Waals surface area contributed by atoms with Gasteiger partial charge in [-0.2, -0.15) is 0 Å². The molecule has 4 N–H and O–H groups in total. The third-order valence-corrected chi connectivity index (χ3v) is 2.33. The van der Waals surface area contributed by atoms with E-state index in [2.05, 4.69) is 0 Å². The van der Waals surface area contributed by atoms with E-state index in [1.54, 1.807) is 0 Å². The molecule has 1 rings (SSSR count). The molecule has 0 saturated carbocycles. The summed E-state index contributed by atoms with van der Waals surface area (Å²) < 4.78 is 0. The molecule has 0 aliphatic heterocycles. The van der Waals surface area contributed by atoms with Gasteiger partial charge in [0.15, 0.2) is 0 Å². The van der Waals surface area contributed by atoms with Crippen LogP contribution in [0.1, 0.15) is 15.9 Å². The number of aromatic carboxylic acids is 1. The van der Waals surface area contributed by atoms with Crippen molar-refractivity contribution in [2.45, 2.75) is 6.54 Å². The molecule has 0 radical (unpaired) electrons. The minimum absolute atomic E-state index is 0.0894. The Labute approximate surface area is 98.3 Å². The largest absolute Gasteiger partial charge is 0.478 e. The van der Waals surface area contributed by atoms with Crippen LogP contribution in [-0.4, -0.2) is 40.6 Å². The SMILES string of the molecule is CN(Cc1cc(N)ccc1C(=O)O)C(=O)CO. The molecule has 92 valence electrons. The van der Waals surface area contributed by atoms with Gasteiger partial charge in [0.25, 0.3) is 0 Å². The fourth-order valence-corrected chi connectivity index (χ4v) is 1.42. The van der Waals surface area contributed by atoms with Crippen molar-refractivity contribution in [2.24, 2.45) is 0 Å². The molecule has 6 nitrogen and oxygen atoms in total. The van der Waals surface area contributed by atoms with Crippen LogP contribution in [0.15, 0.2) is 18.2 Å². The Hall–Kier alpha value is -2.08. The highest BCUT2D eigenvalue weighted by atomic mass is 16.4. The predicted molar refractivity (Wildman–Crippen MR) is 61.4 cm³/mol. The highest BCUT2D eigenvalue weighted by Gasteiger charge is 2.14. The highest BCUT2D eigenvalue weighted by molar-refractivity contribution is 5.90. The van der Waals surface area contributed by atoms with Crippen LogP contribution in [0.4, 0.5) is 5.69 Å². The Kier molecular flexibility index (Phi) is 4.06. The van der Waals surface area contributed by atoms with Gasteiger partial charge in [0, 0.05) is 19.3 Å². The molecule has 6 heteroatoms. The van der Waals surface area contributed by atoms with Crippen LogP contribution in [0, 0.1) is 0 Å². The number of carboxylic acids is 1. The van der Waals surface area contributed by atoms with Gasteiger partial charge >= 0.3 is 5.97 Å². The van der Waals surface area contributed by atoms with Crippen molar-refractivity contribution in [1.82, 2.24) is 4.90 Å². The van der Waals surface area contributed by atoms with Crippen LogP contribution in [0.2, 0.25) is 0 Å². The summed E-state index contributed by atoms with van der Waals surface area (Å²) in [6.07, 6.45) is 0. The first-order valence-electron chi connectivity index (χ1n) is 4.92. The molecule has 1 aromatic carbocycles. The Bertz CT molecular complexity index is 445. The van der Waals surface area contributed by atoms with Crippen LogP contribution in [0.3, 0.4) is 0 Å². The van der Waals surface area contributed by atoms with E-state index in [1.807, 2.05) is 0 Å². The standard InChI is InChI=1S/C11H14N2O4/c1-13(10(15)6-14)5-7-4-8(12)2-3-9(7)11(16)17/h2-4,14H,5-6,12H2,1H3,(H,16,17). The zero-order chi connectivity index (χ0) is 13.0. The maximum Gasteiger partial charge on any atom is 0.336 e. The van der Waals surface area contributed by atoms with Gasteiger partial charge in [0.05, 0.1) is 5.56 Å². The van der Waals surface area contributed by atoms with Crippen molar-refractivity contribution in [3.8, 4) is 0 Å². The molecule has 0 saturated heterocycles. The van der Waals surface area contributed by atoms with Gasteiger partial charge in [-0.1, -0.05) is 0 Å². The molecule has 0 aromatic heterocycles. The molecular formula is C11H14N2O4. The highest BCUT2D eigenvalue weighted by Crippen LogP contribution is 2.15. The maximum atomic E-state index is 11.2. The number of hydrogen-bond donors (Lipinski definition) is 3. The van der Waals surface area contributed by atoms with Crippen molar-refractivity contribution >= 4 is 17.6 Å². The fourth-order valence-electron chi connectivity index (χ4n) is 1.42. The van der Waals surface area contributed by atoms with E-state index in [9.17, 15) is 9.59 Å². The number of rotatable bonds is 4. The van der Waals surface area contributed by atoms with Gasteiger partial charge in [-0.05, 0) is 23.8 Å². The summed E-state index contributed by atoms with van der Waals surface area (Å²) >= 11 is 0. The first-order valence-corrected chi connectivity index (χ1v) is 4.92. The van der Waals surface area contributed by atoms with E-state index in [0.29, 0.717) is 11.3 Å². The lowest BCUT2D eigenvalue weighted by Gasteiger charge is -2.17. The summed E-state index contributed by atoms with van der Waals surface area (Å²) in [5.74, 6) is -1.56. The summed E-state index contributed by atoms with van der Waals surface area (Å²) in [4.78, 5) is 23.4. The number of aliphatic hydroxyl groups excluding tert-OH is 1. The van der Waals surface area contributed by atoms with Crippen LogP contribution in [-0.2, 0) is 11.3 Å². The topological polar surface area (TPSA) is 104 Å². The summed E-state index contributed by atoms with van der Waals surface area (Å²) in [6, 6.07) is 4.38. The van der Waals surface area contributed by atoms with Crippen molar-refractivity contribution in [1.29, 1.82) is 0 Å². The number of hydrogen-bond acceptors (Lipinski definition) is 4. The number of carbonyl (C=O) groups excluding carboxylic acids is 1. The molecule has 0 atom stereocenters.